The molecule has 7 heavy (non-hydrogen) atoms. The first-order valence-electron chi connectivity index (χ1n) is 2.20. The molecule has 0 amide bonds. The van der Waals surface area contributed by atoms with Crippen LogP contribution in [0.4, 0.5) is 0 Å². The number of hydrogen-bond acceptors (Lipinski definition) is 0. The number of rotatable bonds is 0. The zero-order valence-electron chi connectivity index (χ0n) is 4.91. The molecule has 1 nitrogen and oxygen atoms in total. The summed E-state index contributed by atoms with van der Waals surface area (Å²) in [5, 5.41) is 10.5. The Hall–Kier alpha value is -0.480. The monoisotopic (exact) mass is 97.1 g/mol. The van der Waals surface area contributed by atoms with Gasteiger partial charge in [-0.15, -0.1) is 5.92 Å². The molecule has 0 saturated heterocycles. The van der Waals surface area contributed by atoms with Crippen LogP contribution in [0, 0.1) is 11.8 Å². The summed E-state index contributed by atoms with van der Waals surface area (Å²) >= 11 is 0. The van der Waals surface area contributed by atoms with Crippen molar-refractivity contribution in [3.05, 3.63) is 0 Å². The predicted octanol–water partition coefficient (Wildman–Crippen LogP) is 1.22. The van der Waals surface area contributed by atoms with Gasteiger partial charge >= 0.3 is 0 Å². The van der Waals surface area contributed by atoms with Gasteiger partial charge in [0.05, 0.1) is 0 Å². The maximum Gasteiger partial charge on any atom is 0.158 e. The number of hydrogen-bond donors (Lipinski definition) is 0. The van der Waals surface area contributed by atoms with Crippen LogP contribution in [0.2, 0.25) is 0 Å². The van der Waals surface area contributed by atoms with Crippen molar-refractivity contribution in [2.45, 2.75) is 26.4 Å². The van der Waals surface area contributed by atoms with Crippen molar-refractivity contribution in [2.75, 3.05) is 0 Å². The molecule has 0 fully saturated rings. The normalized spacial score (nSPS) is 9.71. The second kappa shape index (κ2) is 1.99. The molecule has 0 aliphatic carbocycles. The summed E-state index contributed by atoms with van der Waals surface area (Å²) in [7, 11) is 0. The Morgan fingerprint density at radius 2 is 1.86 bits per heavy atom. The van der Waals surface area contributed by atoms with Gasteiger partial charge < -0.3 is 0 Å². The second-order valence-electron chi connectivity index (χ2n) is 1.89. The van der Waals surface area contributed by atoms with E-state index in [9.17, 15) is 5.11 Å². The maximum atomic E-state index is 10.5. The maximum absolute atomic E-state index is 10.5. The third-order valence-electron chi connectivity index (χ3n) is 0.426. The minimum Gasteiger partial charge on any atom is -0.216 e. The molecule has 0 unspecified atom stereocenters. The van der Waals surface area contributed by atoms with Crippen molar-refractivity contribution in [3.8, 4) is 11.8 Å². The highest BCUT2D eigenvalue weighted by atomic mass is 16.3. The molecular formula is C6H9O. The first-order valence-corrected chi connectivity index (χ1v) is 2.20. The molecular weight excluding hydrogens is 88.1 g/mol. The molecule has 1 heteroatoms. The van der Waals surface area contributed by atoms with E-state index in [-0.39, 0.29) is 0 Å². The van der Waals surface area contributed by atoms with Gasteiger partial charge in [-0.1, -0.05) is 5.92 Å². The average molecular weight is 97.1 g/mol. The quantitative estimate of drug-likeness (QED) is 0.405. The fourth-order valence-electron chi connectivity index (χ4n) is 0.301. The van der Waals surface area contributed by atoms with E-state index in [2.05, 4.69) is 11.8 Å². The van der Waals surface area contributed by atoms with Crippen LogP contribution in [0.5, 0.6) is 0 Å². The van der Waals surface area contributed by atoms with E-state index in [1.807, 2.05) is 0 Å². The Labute approximate surface area is 44.4 Å². The van der Waals surface area contributed by atoms with Gasteiger partial charge in [0.1, 0.15) is 0 Å². The Morgan fingerprint density at radius 1 is 1.43 bits per heavy atom. The van der Waals surface area contributed by atoms with Crippen molar-refractivity contribution in [1.82, 2.24) is 0 Å². The standard InChI is InChI=1S/C6H9O/c1-4-5-6(2,3)7/h1-3H3. The van der Waals surface area contributed by atoms with Crippen LogP contribution in [0.3, 0.4) is 0 Å². The molecule has 0 heterocycles. The lowest BCUT2D eigenvalue weighted by Crippen LogP contribution is -2.11. The molecule has 0 aromatic rings. The average Bonchev–Trinajstić information content (AvgIpc) is 1.30. The highest BCUT2D eigenvalue weighted by Crippen LogP contribution is 1.96. The molecule has 0 rings (SSSR count). The molecule has 0 aliphatic rings. The van der Waals surface area contributed by atoms with Crippen molar-refractivity contribution in [1.29, 1.82) is 0 Å². The van der Waals surface area contributed by atoms with E-state index < -0.39 is 5.60 Å². The van der Waals surface area contributed by atoms with Crippen LogP contribution < -0.4 is 0 Å². The van der Waals surface area contributed by atoms with Gasteiger partial charge in [-0.3, -0.25) is 0 Å². The second-order valence-corrected chi connectivity index (χ2v) is 1.89. The van der Waals surface area contributed by atoms with E-state index in [1.165, 1.54) is 0 Å². The van der Waals surface area contributed by atoms with Crippen molar-refractivity contribution in [2.24, 2.45) is 0 Å². The molecule has 0 bridgehead atoms. The zero-order chi connectivity index (χ0) is 5.91. The predicted molar refractivity (Wildman–Crippen MR) is 28.2 cm³/mol. The van der Waals surface area contributed by atoms with Gasteiger partial charge in [0.25, 0.3) is 0 Å². The lowest BCUT2D eigenvalue weighted by atomic mass is 10.1. The van der Waals surface area contributed by atoms with Crippen LogP contribution >= 0.6 is 0 Å². The highest BCUT2D eigenvalue weighted by Gasteiger charge is 2.07. The summed E-state index contributed by atoms with van der Waals surface area (Å²) in [4.78, 5) is 0. The van der Waals surface area contributed by atoms with Crippen molar-refractivity contribution in [3.63, 3.8) is 0 Å². The first-order chi connectivity index (χ1) is 3.06. The third kappa shape index (κ3) is 5.52. The topological polar surface area (TPSA) is 19.9 Å². The summed E-state index contributed by atoms with van der Waals surface area (Å²) < 4.78 is 0. The molecule has 0 atom stereocenters. The van der Waals surface area contributed by atoms with Gasteiger partial charge in [-0.2, -0.15) is 0 Å². The fourth-order valence-corrected chi connectivity index (χ4v) is 0.301. The molecule has 1 radical (unpaired) electrons. The van der Waals surface area contributed by atoms with E-state index in [4.69, 9.17) is 0 Å². The van der Waals surface area contributed by atoms with Crippen LogP contribution in [-0.4, -0.2) is 5.60 Å². The Kier molecular flexibility index (Phi) is 1.86. The van der Waals surface area contributed by atoms with Gasteiger partial charge in [0.15, 0.2) is 5.60 Å². The van der Waals surface area contributed by atoms with Crippen LogP contribution in [0.15, 0.2) is 0 Å². The smallest absolute Gasteiger partial charge is 0.158 e. The van der Waals surface area contributed by atoms with E-state index in [0.717, 1.165) is 0 Å². The van der Waals surface area contributed by atoms with E-state index in [1.54, 1.807) is 20.8 Å². The lowest BCUT2D eigenvalue weighted by Gasteiger charge is -2.00. The minimum atomic E-state index is -1.06. The van der Waals surface area contributed by atoms with E-state index in [0.29, 0.717) is 0 Å². The minimum absolute atomic E-state index is 1.06. The lowest BCUT2D eigenvalue weighted by molar-refractivity contribution is 0.0580. The summed E-state index contributed by atoms with van der Waals surface area (Å²) in [6, 6.07) is 0. The van der Waals surface area contributed by atoms with Crippen LogP contribution in [0.1, 0.15) is 20.8 Å². The van der Waals surface area contributed by atoms with Crippen molar-refractivity contribution >= 4 is 0 Å². The van der Waals surface area contributed by atoms with Crippen LogP contribution in [0.25, 0.3) is 0 Å². The summed E-state index contributed by atoms with van der Waals surface area (Å²) in [6.45, 7) is 4.76. The summed E-state index contributed by atoms with van der Waals surface area (Å²) in [5.41, 5.74) is -1.06. The fraction of sp³-hybridized carbons (Fsp3) is 0.667. The molecule has 0 N–H and O–H groups in total. The highest BCUT2D eigenvalue weighted by molar-refractivity contribution is 5.07. The largest absolute Gasteiger partial charge is 0.216 e. The molecule has 0 saturated carbocycles. The Balaban J connectivity index is 3.72. The molecule has 0 aromatic heterocycles. The molecule has 0 aliphatic heterocycles. The zero-order valence-corrected chi connectivity index (χ0v) is 4.91. The van der Waals surface area contributed by atoms with E-state index >= 15 is 0 Å². The third-order valence-corrected chi connectivity index (χ3v) is 0.426. The van der Waals surface area contributed by atoms with Crippen LogP contribution in [-0.2, 0) is 5.11 Å². The van der Waals surface area contributed by atoms with Gasteiger partial charge in [-0.05, 0) is 20.8 Å². The summed E-state index contributed by atoms with van der Waals surface area (Å²) in [6.07, 6.45) is 0. The summed E-state index contributed by atoms with van der Waals surface area (Å²) in [5.74, 6) is 5.02. The van der Waals surface area contributed by atoms with Crippen molar-refractivity contribution < 1.29 is 5.11 Å². The van der Waals surface area contributed by atoms with Gasteiger partial charge in [-0.25, -0.2) is 5.11 Å². The molecule has 0 aromatic carbocycles. The SMILES string of the molecule is CC#CC(C)(C)[O]. The van der Waals surface area contributed by atoms with Gasteiger partial charge in [0.2, 0.25) is 0 Å². The first kappa shape index (κ1) is 6.52. The van der Waals surface area contributed by atoms with Gasteiger partial charge in [0, 0.05) is 0 Å². The molecule has 0 spiro atoms. The Morgan fingerprint density at radius 3 is 1.86 bits per heavy atom. The molecule has 39 valence electrons. The Bertz CT molecular complexity index is 97.6.